The molecule has 0 unspecified atom stereocenters. The van der Waals surface area contributed by atoms with Gasteiger partial charge in [0.2, 0.25) is 0 Å². The average Bonchev–Trinajstić information content (AvgIpc) is 2.77. The molecule has 3 nitrogen and oxygen atoms in total. The molecule has 1 saturated heterocycles. The number of benzene rings is 1. The van der Waals surface area contributed by atoms with E-state index in [1.165, 1.54) is 23.5 Å². The van der Waals surface area contributed by atoms with Crippen LogP contribution in [0.5, 0.6) is 5.75 Å². The van der Waals surface area contributed by atoms with Gasteiger partial charge in [0.05, 0.1) is 13.7 Å². The van der Waals surface area contributed by atoms with Crippen molar-refractivity contribution in [2.75, 3.05) is 38.3 Å². The highest BCUT2D eigenvalue weighted by Crippen LogP contribution is 2.20. The Balaban J connectivity index is 2.15. The Bertz CT molecular complexity index is 499. The zero-order valence-corrected chi connectivity index (χ0v) is 13.4. The van der Waals surface area contributed by atoms with Gasteiger partial charge < -0.3 is 9.84 Å². The van der Waals surface area contributed by atoms with Gasteiger partial charge in [-0.1, -0.05) is 11.8 Å². The lowest BCUT2D eigenvalue weighted by atomic mass is 10.1. The van der Waals surface area contributed by atoms with Crippen molar-refractivity contribution in [2.45, 2.75) is 19.4 Å². The molecule has 1 aromatic rings. The van der Waals surface area contributed by atoms with Crippen LogP contribution in [0.2, 0.25) is 0 Å². The highest BCUT2D eigenvalue weighted by molar-refractivity contribution is 7.99. The van der Waals surface area contributed by atoms with Gasteiger partial charge in [0, 0.05) is 30.8 Å². The number of hydrogen-bond acceptors (Lipinski definition) is 4. The van der Waals surface area contributed by atoms with E-state index in [0.717, 1.165) is 30.9 Å². The summed E-state index contributed by atoms with van der Waals surface area (Å²) in [7, 11) is 1.69. The number of nitrogens with zero attached hydrogens (tertiary/aromatic N) is 1. The third kappa shape index (κ3) is 5.28. The fraction of sp³-hybridized carbons (Fsp3) is 0.529. The molecule has 0 aromatic heterocycles. The molecule has 0 spiro atoms. The van der Waals surface area contributed by atoms with Crippen molar-refractivity contribution in [3.8, 4) is 17.6 Å². The number of rotatable bonds is 4. The minimum absolute atomic E-state index is 0.113. The van der Waals surface area contributed by atoms with E-state index in [1.54, 1.807) is 7.11 Å². The zero-order valence-electron chi connectivity index (χ0n) is 12.6. The average molecular weight is 305 g/mol. The quantitative estimate of drug-likeness (QED) is 0.866. The molecule has 1 N–H and O–H groups in total. The molecule has 21 heavy (non-hydrogen) atoms. The van der Waals surface area contributed by atoms with E-state index >= 15 is 0 Å². The van der Waals surface area contributed by atoms with Gasteiger partial charge in [0.1, 0.15) is 5.75 Å². The molecule has 1 aliphatic heterocycles. The Labute approximate surface area is 131 Å². The smallest absolute Gasteiger partial charge is 0.119 e. The molecule has 0 bridgehead atoms. The molecule has 0 aliphatic carbocycles. The molecule has 1 aliphatic rings. The number of aliphatic hydroxyl groups excluding tert-OH is 1. The summed E-state index contributed by atoms with van der Waals surface area (Å²) in [5.41, 5.74) is 2.26. The fourth-order valence-electron chi connectivity index (χ4n) is 2.36. The molecule has 1 aromatic carbocycles. The van der Waals surface area contributed by atoms with Crippen LogP contribution in [0.15, 0.2) is 18.2 Å². The number of hydrogen-bond donors (Lipinski definition) is 1. The molecular weight excluding hydrogens is 282 g/mol. The second kappa shape index (κ2) is 8.99. The Morgan fingerprint density at radius 3 is 3.05 bits per heavy atom. The molecule has 0 saturated carbocycles. The van der Waals surface area contributed by atoms with Crippen LogP contribution in [0.3, 0.4) is 0 Å². The first-order valence-corrected chi connectivity index (χ1v) is 8.55. The standard InChI is InChI=1S/C17H23NO2S/c1-20-17-7-6-15(5-2-3-10-19)16(13-17)14-18-8-4-11-21-12-9-18/h6-7,13,19H,3-4,8-12,14H2,1H3. The van der Waals surface area contributed by atoms with Crippen LogP contribution in [0, 0.1) is 11.8 Å². The van der Waals surface area contributed by atoms with Crippen molar-refractivity contribution < 1.29 is 9.84 Å². The Kier molecular flexibility index (Phi) is 6.94. The van der Waals surface area contributed by atoms with Gasteiger partial charge in [-0.15, -0.1) is 0 Å². The van der Waals surface area contributed by atoms with Crippen molar-refractivity contribution in [3.63, 3.8) is 0 Å². The predicted octanol–water partition coefficient (Wildman–Crippen LogP) is 2.37. The second-order valence-electron chi connectivity index (χ2n) is 5.04. The summed E-state index contributed by atoms with van der Waals surface area (Å²) in [6.45, 7) is 3.31. The normalized spacial score (nSPS) is 15.9. The Morgan fingerprint density at radius 2 is 2.24 bits per heavy atom. The topological polar surface area (TPSA) is 32.7 Å². The SMILES string of the molecule is COc1ccc(C#CCCO)c(CN2CCCSCC2)c1. The van der Waals surface area contributed by atoms with Crippen LogP contribution in [0.4, 0.5) is 0 Å². The van der Waals surface area contributed by atoms with E-state index < -0.39 is 0 Å². The first kappa shape index (κ1) is 16.2. The van der Waals surface area contributed by atoms with Crippen molar-refractivity contribution >= 4 is 11.8 Å². The molecule has 114 valence electrons. The van der Waals surface area contributed by atoms with Crippen molar-refractivity contribution in [1.82, 2.24) is 4.90 Å². The largest absolute Gasteiger partial charge is 0.497 e. The summed E-state index contributed by atoms with van der Waals surface area (Å²) >= 11 is 2.04. The highest BCUT2D eigenvalue weighted by Gasteiger charge is 2.12. The van der Waals surface area contributed by atoms with E-state index in [2.05, 4.69) is 22.8 Å². The molecule has 2 rings (SSSR count). The van der Waals surface area contributed by atoms with E-state index in [0.29, 0.717) is 6.42 Å². The monoisotopic (exact) mass is 305 g/mol. The molecule has 0 atom stereocenters. The van der Waals surface area contributed by atoms with Crippen molar-refractivity contribution in [3.05, 3.63) is 29.3 Å². The van der Waals surface area contributed by atoms with Crippen molar-refractivity contribution in [1.29, 1.82) is 0 Å². The van der Waals surface area contributed by atoms with Gasteiger partial charge in [-0.25, -0.2) is 0 Å². The summed E-state index contributed by atoms with van der Waals surface area (Å²) in [6, 6.07) is 6.05. The molecule has 0 radical (unpaired) electrons. The van der Waals surface area contributed by atoms with Gasteiger partial charge in [-0.3, -0.25) is 4.90 Å². The van der Waals surface area contributed by atoms with Crippen LogP contribution < -0.4 is 4.74 Å². The minimum atomic E-state index is 0.113. The lowest BCUT2D eigenvalue weighted by Crippen LogP contribution is -2.25. The summed E-state index contributed by atoms with van der Waals surface area (Å²) in [5, 5.41) is 8.86. The van der Waals surface area contributed by atoms with Gasteiger partial charge in [0.25, 0.3) is 0 Å². The van der Waals surface area contributed by atoms with E-state index in [9.17, 15) is 0 Å². The maximum Gasteiger partial charge on any atom is 0.119 e. The summed E-state index contributed by atoms with van der Waals surface area (Å²) in [5.74, 6) is 9.53. The minimum Gasteiger partial charge on any atom is -0.497 e. The molecule has 1 fully saturated rings. The number of thioether (sulfide) groups is 1. The molecular formula is C17H23NO2S. The lowest BCUT2D eigenvalue weighted by Gasteiger charge is -2.20. The maximum absolute atomic E-state index is 8.86. The van der Waals surface area contributed by atoms with Gasteiger partial charge in [0.15, 0.2) is 0 Å². The number of aliphatic hydroxyl groups is 1. The summed E-state index contributed by atoms with van der Waals surface area (Å²) in [4.78, 5) is 2.49. The molecule has 1 heterocycles. The highest BCUT2D eigenvalue weighted by atomic mass is 32.2. The van der Waals surface area contributed by atoms with Crippen LogP contribution in [0.1, 0.15) is 24.0 Å². The summed E-state index contributed by atoms with van der Waals surface area (Å²) < 4.78 is 5.34. The van der Waals surface area contributed by atoms with E-state index in [-0.39, 0.29) is 6.61 Å². The number of methoxy groups -OCH3 is 1. The third-order valence-corrected chi connectivity index (χ3v) is 4.53. The maximum atomic E-state index is 8.86. The van der Waals surface area contributed by atoms with Crippen LogP contribution in [-0.2, 0) is 6.54 Å². The van der Waals surface area contributed by atoms with Gasteiger partial charge in [-0.05, 0) is 42.5 Å². The first-order valence-electron chi connectivity index (χ1n) is 7.40. The van der Waals surface area contributed by atoms with E-state index in [1.807, 2.05) is 23.9 Å². The number of ether oxygens (including phenoxy) is 1. The fourth-order valence-corrected chi connectivity index (χ4v) is 3.28. The zero-order chi connectivity index (χ0) is 14.9. The van der Waals surface area contributed by atoms with Gasteiger partial charge >= 0.3 is 0 Å². The molecule has 4 heteroatoms. The Hall–Kier alpha value is -1.15. The van der Waals surface area contributed by atoms with Crippen LogP contribution in [-0.4, -0.2) is 48.3 Å². The summed E-state index contributed by atoms with van der Waals surface area (Å²) in [6.07, 6.45) is 1.77. The van der Waals surface area contributed by atoms with E-state index in [4.69, 9.17) is 9.84 Å². The third-order valence-electron chi connectivity index (χ3n) is 3.48. The Morgan fingerprint density at radius 1 is 1.33 bits per heavy atom. The van der Waals surface area contributed by atoms with Crippen LogP contribution in [0.25, 0.3) is 0 Å². The van der Waals surface area contributed by atoms with Gasteiger partial charge in [-0.2, -0.15) is 11.8 Å². The predicted molar refractivity (Wildman–Crippen MR) is 88.8 cm³/mol. The molecule has 0 amide bonds. The first-order chi connectivity index (χ1) is 10.3. The van der Waals surface area contributed by atoms with Crippen LogP contribution >= 0.6 is 11.8 Å². The lowest BCUT2D eigenvalue weighted by molar-refractivity contribution is 0.287. The second-order valence-corrected chi connectivity index (χ2v) is 6.27. The van der Waals surface area contributed by atoms with Crippen molar-refractivity contribution in [2.24, 2.45) is 0 Å².